The fourth-order valence-electron chi connectivity index (χ4n) is 2.03. The second-order valence-corrected chi connectivity index (χ2v) is 4.92. The first-order chi connectivity index (χ1) is 6.29. The normalized spacial score (nSPS) is 26.8. The quantitative estimate of drug-likeness (QED) is 0.753. The van der Waals surface area contributed by atoms with Crippen molar-refractivity contribution in [2.75, 3.05) is 6.54 Å². The van der Waals surface area contributed by atoms with Crippen LogP contribution in [0.2, 0.25) is 0 Å². The van der Waals surface area contributed by atoms with Crippen molar-refractivity contribution in [3.05, 3.63) is 0 Å². The molecule has 1 nitrogen and oxygen atoms in total. The highest BCUT2D eigenvalue weighted by molar-refractivity contribution is 4.86. The number of rotatable bonds is 3. The third kappa shape index (κ3) is 4.31. The molecule has 0 aromatic rings. The molecule has 0 bridgehead atoms. The molecule has 1 unspecified atom stereocenters. The smallest absolute Gasteiger partial charge is 0.314 e. The molecule has 0 saturated heterocycles. The largest absolute Gasteiger partial charge is 0.390 e. The minimum atomic E-state index is -4.03. The van der Waals surface area contributed by atoms with E-state index in [9.17, 15) is 13.2 Å². The van der Waals surface area contributed by atoms with Gasteiger partial charge in [-0.3, -0.25) is 0 Å². The topological polar surface area (TPSA) is 12.0 Å². The van der Waals surface area contributed by atoms with Crippen LogP contribution < -0.4 is 5.32 Å². The fourth-order valence-corrected chi connectivity index (χ4v) is 2.03. The van der Waals surface area contributed by atoms with Gasteiger partial charge >= 0.3 is 6.18 Å². The van der Waals surface area contributed by atoms with Gasteiger partial charge in [0.1, 0.15) is 0 Å². The molecule has 0 aromatic carbocycles. The summed E-state index contributed by atoms with van der Waals surface area (Å²) in [5.41, 5.74) is 0.301. The average Bonchev–Trinajstić information content (AvgIpc) is 2.27. The molecule has 0 radical (unpaired) electrons. The lowest BCUT2D eigenvalue weighted by atomic mass is 9.92. The van der Waals surface area contributed by atoms with Gasteiger partial charge in [-0.25, -0.2) is 0 Å². The van der Waals surface area contributed by atoms with Gasteiger partial charge in [0.05, 0.1) is 6.42 Å². The van der Waals surface area contributed by atoms with Crippen molar-refractivity contribution in [1.29, 1.82) is 0 Å². The van der Waals surface area contributed by atoms with Crippen LogP contribution >= 0.6 is 0 Å². The summed E-state index contributed by atoms with van der Waals surface area (Å²) in [6.07, 6.45) is -1.64. The Morgan fingerprint density at radius 2 is 2.00 bits per heavy atom. The predicted octanol–water partition coefficient (Wildman–Crippen LogP) is 3.11. The Balaban J connectivity index is 2.15. The van der Waals surface area contributed by atoms with Crippen LogP contribution in [0.4, 0.5) is 13.2 Å². The van der Waals surface area contributed by atoms with Gasteiger partial charge in [-0.1, -0.05) is 13.8 Å². The second-order valence-electron chi connectivity index (χ2n) is 4.92. The maximum atomic E-state index is 11.8. The molecule has 1 N–H and O–H groups in total. The van der Waals surface area contributed by atoms with Crippen LogP contribution in [-0.2, 0) is 0 Å². The van der Waals surface area contributed by atoms with Gasteiger partial charge in [-0.15, -0.1) is 0 Å². The first-order valence-electron chi connectivity index (χ1n) is 5.09. The van der Waals surface area contributed by atoms with Crippen LogP contribution in [0.25, 0.3) is 0 Å². The Morgan fingerprint density at radius 1 is 1.36 bits per heavy atom. The van der Waals surface area contributed by atoms with Crippen molar-refractivity contribution in [2.24, 2.45) is 5.41 Å². The standard InChI is InChI=1S/C10H18F3N/c1-9(2)4-3-8(7-9)14-6-5-10(11,12)13/h8,14H,3-7H2,1-2H3. The van der Waals surface area contributed by atoms with Gasteiger partial charge in [-0.2, -0.15) is 13.2 Å². The monoisotopic (exact) mass is 209 g/mol. The lowest BCUT2D eigenvalue weighted by Gasteiger charge is -2.18. The molecule has 84 valence electrons. The summed E-state index contributed by atoms with van der Waals surface area (Å²) in [7, 11) is 0. The highest BCUT2D eigenvalue weighted by Crippen LogP contribution is 2.36. The number of halogens is 3. The molecule has 1 rings (SSSR count). The van der Waals surface area contributed by atoms with E-state index in [4.69, 9.17) is 0 Å². The van der Waals surface area contributed by atoms with Crippen LogP contribution in [0.15, 0.2) is 0 Å². The molecule has 1 aliphatic rings. The van der Waals surface area contributed by atoms with E-state index in [0.29, 0.717) is 5.41 Å². The summed E-state index contributed by atoms with van der Waals surface area (Å²) in [6, 6.07) is 0.285. The summed E-state index contributed by atoms with van der Waals surface area (Å²) in [6.45, 7) is 4.39. The molecule has 0 spiro atoms. The first kappa shape index (κ1) is 11.8. The van der Waals surface area contributed by atoms with Crippen molar-refractivity contribution < 1.29 is 13.2 Å². The summed E-state index contributed by atoms with van der Waals surface area (Å²) in [5, 5.41) is 2.97. The Hall–Kier alpha value is -0.250. The molecular weight excluding hydrogens is 191 g/mol. The maximum Gasteiger partial charge on any atom is 0.390 e. The van der Waals surface area contributed by atoms with Gasteiger partial charge < -0.3 is 5.32 Å². The van der Waals surface area contributed by atoms with E-state index < -0.39 is 12.6 Å². The van der Waals surface area contributed by atoms with Crippen LogP contribution in [-0.4, -0.2) is 18.8 Å². The van der Waals surface area contributed by atoms with Crippen molar-refractivity contribution in [3.63, 3.8) is 0 Å². The lowest BCUT2D eigenvalue weighted by molar-refractivity contribution is -0.133. The second kappa shape index (κ2) is 4.09. The number of alkyl halides is 3. The fraction of sp³-hybridized carbons (Fsp3) is 1.00. The minimum absolute atomic E-state index is 0.0598. The average molecular weight is 209 g/mol. The van der Waals surface area contributed by atoms with Crippen molar-refractivity contribution in [3.8, 4) is 0 Å². The molecular formula is C10H18F3N. The third-order valence-electron chi connectivity index (χ3n) is 2.81. The molecule has 4 heteroatoms. The van der Waals surface area contributed by atoms with Crippen molar-refractivity contribution >= 4 is 0 Å². The van der Waals surface area contributed by atoms with E-state index in [1.807, 2.05) is 0 Å². The molecule has 0 aliphatic heterocycles. The number of hydrogen-bond donors (Lipinski definition) is 1. The Labute approximate surface area is 83.1 Å². The third-order valence-corrected chi connectivity index (χ3v) is 2.81. The van der Waals surface area contributed by atoms with E-state index in [0.717, 1.165) is 19.3 Å². The molecule has 1 fully saturated rings. The summed E-state index contributed by atoms with van der Waals surface area (Å²) in [4.78, 5) is 0. The number of hydrogen-bond acceptors (Lipinski definition) is 1. The highest BCUT2D eigenvalue weighted by atomic mass is 19.4. The summed E-state index contributed by atoms with van der Waals surface area (Å²) < 4.78 is 35.5. The summed E-state index contributed by atoms with van der Waals surface area (Å²) in [5.74, 6) is 0. The van der Waals surface area contributed by atoms with E-state index in [-0.39, 0.29) is 12.6 Å². The van der Waals surface area contributed by atoms with Gasteiger partial charge in [0.25, 0.3) is 0 Å². The lowest BCUT2D eigenvalue weighted by Crippen LogP contribution is -2.30. The van der Waals surface area contributed by atoms with E-state index in [1.165, 1.54) is 0 Å². The summed E-state index contributed by atoms with van der Waals surface area (Å²) >= 11 is 0. The zero-order valence-electron chi connectivity index (χ0n) is 8.75. The van der Waals surface area contributed by atoms with Crippen molar-refractivity contribution in [2.45, 2.75) is 51.7 Å². The van der Waals surface area contributed by atoms with E-state index in [2.05, 4.69) is 19.2 Å². The minimum Gasteiger partial charge on any atom is -0.314 e. The Morgan fingerprint density at radius 3 is 2.43 bits per heavy atom. The zero-order chi connectivity index (χ0) is 10.8. The van der Waals surface area contributed by atoms with E-state index >= 15 is 0 Å². The van der Waals surface area contributed by atoms with Crippen LogP contribution in [0.1, 0.15) is 39.5 Å². The van der Waals surface area contributed by atoms with Crippen LogP contribution in [0.5, 0.6) is 0 Å². The predicted molar refractivity (Wildman–Crippen MR) is 50.1 cm³/mol. The molecule has 0 heterocycles. The maximum absolute atomic E-state index is 11.8. The van der Waals surface area contributed by atoms with E-state index in [1.54, 1.807) is 0 Å². The molecule has 0 amide bonds. The molecule has 1 aliphatic carbocycles. The van der Waals surface area contributed by atoms with Crippen LogP contribution in [0.3, 0.4) is 0 Å². The van der Waals surface area contributed by atoms with Gasteiger partial charge in [0, 0.05) is 12.6 Å². The SMILES string of the molecule is CC1(C)CCC(NCCC(F)(F)F)C1. The Kier molecular flexibility index (Phi) is 3.45. The Bertz CT molecular complexity index is 186. The highest BCUT2D eigenvalue weighted by Gasteiger charge is 2.32. The first-order valence-corrected chi connectivity index (χ1v) is 5.09. The molecule has 1 atom stereocenters. The van der Waals surface area contributed by atoms with Gasteiger partial charge in [-0.05, 0) is 24.7 Å². The zero-order valence-corrected chi connectivity index (χ0v) is 8.75. The van der Waals surface area contributed by atoms with Crippen LogP contribution in [0, 0.1) is 5.41 Å². The van der Waals surface area contributed by atoms with Gasteiger partial charge in [0.15, 0.2) is 0 Å². The number of nitrogens with one attached hydrogen (secondary N) is 1. The molecule has 1 saturated carbocycles. The molecule has 0 aromatic heterocycles. The van der Waals surface area contributed by atoms with Crippen molar-refractivity contribution in [1.82, 2.24) is 5.32 Å². The van der Waals surface area contributed by atoms with Gasteiger partial charge in [0.2, 0.25) is 0 Å². The molecule has 14 heavy (non-hydrogen) atoms.